The highest BCUT2D eigenvalue weighted by atomic mass is 16.3. The number of carbonyl (C=O) groups excluding carboxylic acids is 1. The number of nitrogens with zero attached hydrogens (tertiary/aromatic N) is 1. The van der Waals surface area contributed by atoms with Crippen molar-refractivity contribution in [3.05, 3.63) is 35.4 Å². The normalized spacial score (nSPS) is 12.7. The summed E-state index contributed by atoms with van der Waals surface area (Å²) in [6.45, 7) is 10.4. The van der Waals surface area contributed by atoms with E-state index in [-0.39, 0.29) is 18.6 Å². The van der Waals surface area contributed by atoms with E-state index >= 15 is 0 Å². The smallest absolute Gasteiger partial charge is 0.251 e. The van der Waals surface area contributed by atoms with E-state index in [1.165, 1.54) is 5.56 Å². The van der Waals surface area contributed by atoms with Crippen LogP contribution in [0, 0.1) is 0 Å². The number of aliphatic hydroxyl groups is 1. The second kappa shape index (κ2) is 8.80. The van der Waals surface area contributed by atoms with Gasteiger partial charge in [0.15, 0.2) is 0 Å². The van der Waals surface area contributed by atoms with Gasteiger partial charge in [-0.15, -0.1) is 0 Å². The van der Waals surface area contributed by atoms with Gasteiger partial charge in [0.05, 0.1) is 0 Å². The Morgan fingerprint density at radius 2 is 1.86 bits per heavy atom. The highest BCUT2D eigenvalue weighted by Crippen LogP contribution is 2.10. The van der Waals surface area contributed by atoms with Crippen LogP contribution in [0.15, 0.2) is 24.3 Å². The van der Waals surface area contributed by atoms with Crippen LogP contribution in [0.3, 0.4) is 0 Å². The molecule has 0 heterocycles. The molecule has 1 amide bonds. The zero-order valence-corrected chi connectivity index (χ0v) is 13.6. The third-order valence-electron chi connectivity index (χ3n) is 3.68. The van der Waals surface area contributed by atoms with Gasteiger partial charge >= 0.3 is 0 Å². The summed E-state index contributed by atoms with van der Waals surface area (Å²) in [7, 11) is 0. The largest absolute Gasteiger partial charge is 0.396 e. The Balaban J connectivity index is 2.63. The second-order valence-electron chi connectivity index (χ2n) is 5.74. The maximum Gasteiger partial charge on any atom is 0.251 e. The van der Waals surface area contributed by atoms with Gasteiger partial charge < -0.3 is 10.4 Å². The molecule has 1 unspecified atom stereocenters. The lowest BCUT2D eigenvalue weighted by atomic mass is 10.1. The Bertz CT molecular complexity index is 429. The number of carbonyl (C=O) groups is 1. The van der Waals surface area contributed by atoms with Gasteiger partial charge in [0, 0.05) is 30.8 Å². The molecule has 0 aliphatic heterocycles. The molecule has 21 heavy (non-hydrogen) atoms. The van der Waals surface area contributed by atoms with Crippen LogP contribution in [0.1, 0.15) is 50.0 Å². The molecule has 1 aromatic rings. The lowest BCUT2D eigenvalue weighted by Gasteiger charge is -2.24. The van der Waals surface area contributed by atoms with Gasteiger partial charge in [0.1, 0.15) is 0 Å². The van der Waals surface area contributed by atoms with Crippen LogP contribution < -0.4 is 5.32 Å². The SMILES string of the molecule is CCN(Cc1ccc(C(=O)NC(C)CCO)cc1)C(C)C. The van der Waals surface area contributed by atoms with E-state index in [1.54, 1.807) is 0 Å². The first kappa shape index (κ1) is 17.7. The van der Waals surface area contributed by atoms with E-state index < -0.39 is 0 Å². The van der Waals surface area contributed by atoms with E-state index in [9.17, 15) is 4.79 Å². The molecular weight excluding hydrogens is 264 g/mol. The molecule has 2 N–H and O–H groups in total. The van der Waals surface area contributed by atoms with E-state index in [4.69, 9.17) is 5.11 Å². The minimum atomic E-state index is -0.0845. The van der Waals surface area contributed by atoms with Crippen molar-refractivity contribution >= 4 is 5.91 Å². The van der Waals surface area contributed by atoms with Gasteiger partial charge in [-0.2, -0.15) is 0 Å². The first-order valence-corrected chi connectivity index (χ1v) is 7.72. The lowest BCUT2D eigenvalue weighted by molar-refractivity contribution is 0.0934. The molecule has 0 radical (unpaired) electrons. The van der Waals surface area contributed by atoms with Crippen LogP contribution in [0.2, 0.25) is 0 Å². The summed E-state index contributed by atoms with van der Waals surface area (Å²) in [6, 6.07) is 8.25. The van der Waals surface area contributed by atoms with Crippen molar-refractivity contribution < 1.29 is 9.90 Å². The summed E-state index contributed by atoms with van der Waals surface area (Å²) in [5.41, 5.74) is 1.88. The quantitative estimate of drug-likeness (QED) is 0.773. The Labute approximate surface area is 128 Å². The molecule has 4 heteroatoms. The number of benzene rings is 1. The Morgan fingerprint density at radius 3 is 2.33 bits per heavy atom. The Hall–Kier alpha value is -1.39. The number of hydrogen-bond donors (Lipinski definition) is 2. The van der Waals surface area contributed by atoms with Gasteiger partial charge in [0.2, 0.25) is 0 Å². The summed E-state index contributed by atoms with van der Waals surface area (Å²) in [6.07, 6.45) is 0.573. The first-order chi connectivity index (χ1) is 9.97. The van der Waals surface area contributed by atoms with E-state index in [2.05, 4.69) is 31.0 Å². The van der Waals surface area contributed by atoms with E-state index in [0.29, 0.717) is 18.0 Å². The van der Waals surface area contributed by atoms with Crippen molar-refractivity contribution in [1.82, 2.24) is 10.2 Å². The molecule has 4 nitrogen and oxygen atoms in total. The molecule has 0 aliphatic rings. The van der Waals surface area contributed by atoms with Crippen LogP contribution in [0.4, 0.5) is 0 Å². The molecule has 118 valence electrons. The zero-order valence-electron chi connectivity index (χ0n) is 13.6. The highest BCUT2D eigenvalue weighted by molar-refractivity contribution is 5.94. The molecule has 1 rings (SSSR count). The summed E-state index contributed by atoms with van der Waals surface area (Å²) >= 11 is 0. The first-order valence-electron chi connectivity index (χ1n) is 7.72. The molecule has 1 atom stereocenters. The maximum absolute atomic E-state index is 12.0. The van der Waals surface area contributed by atoms with Gasteiger partial charge in [0.25, 0.3) is 5.91 Å². The molecule has 0 aliphatic carbocycles. The molecule has 1 aromatic carbocycles. The molecule has 0 saturated carbocycles. The molecular formula is C17H28N2O2. The predicted molar refractivity (Wildman–Crippen MR) is 86.3 cm³/mol. The lowest BCUT2D eigenvalue weighted by Crippen LogP contribution is -2.33. The van der Waals surface area contributed by atoms with Gasteiger partial charge in [-0.25, -0.2) is 0 Å². The third-order valence-corrected chi connectivity index (χ3v) is 3.68. The maximum atomic E-state index is 12.0. The highest BCUT2D eigenvalue weighted by Gasteiger charge is 2.11. The van der Waals surface area contributed by atoms with Crippen molar-refractivity contribution in [2.24, 2.45) is 0 Å². The monoisotopic (exact) mass is 292 g/mol. The fraction of sp³-hybridized carbons (Fsp3) is 0.588. The van der Waals surface area contributed by atoms with E-state index in [0.717, 1.165) is 13.1 Å². The van der Waals surface area contributed by atoms with Crippen molar-refractivity contribution in [3.63, 3.8) is 0 Å². The van der Waals surface area contributed by atoms with Crippen LogP contribution in [0.5, 0.6) is 0 Å². The molecule has 0 spiro atoms. The molecule has 0 aromatic heterocycles. The number of amides is 1. The van der Waals surface area contributed by atoms with Crippen molar-refractivity contribution in [3.8, 4) is 0 Å². The number of nitrogens with one attached hydrogen (secondary N) is 1. The van der Waals surface area contributed by atoms with Gasteiger partial charge in [-0.1, -0.05) is 19.1 Å². The van der Waals surface area contributed by atoms with Crippen molar-refractivity contribution in [1.29, 1.82) is 0 Å². The van der Waals surface area contributed by atoms with Crippen LogP contribution >= 0.6 is 0 Å². The number of rotatable bonds is 8. The average Bonchev–Trinajstić information content (AvgIpc) is 2.45. The molecule has 0 saturated heterocycles. The van der Waals surface area contributed by atoms with Gasteiger partial charge in [-0.3, -0.25) is 9.69 Å². The van der Waals surface area contributed by atoms with Crippen molar-refractivity contribution in [2.45, 2.75) is 52.7 Å². The van der Waals surface area contributed by atoms with Gasteiger partial charge in [-0.05, 0) is 51.4 Å². The summed E-state index contributed by atoms with van der Waals surface area (Å²) in [5, 5.41) is 11.7. The van der Waals surface area contributed by atoms with Crippen LogP contribution in [-0.2, 0) is 6.54 Å². The predicted octanol–water partition coefficient (Wildman–Crippen LogP) is 2.42. The topological polar surface area (TPSA) is 52.6 Å². The number of aliphatic hydroxyl groups excluding tert-OH is 1. The molecule has 0 fully saturated rings. The summed E-state index contributed by atoms with van der Waals surface area (Å²) in [4.78, 5) is 14.4. The fourth-order valence-corrected chi connectivity index (χ4v) is 2.23. The average molecular weight is 292 g/mol. The van der Waals surface area contributed by atoms with Crippen LogP contribution in [0.25, 0.3) is 0 Å². The minimum Gasteiger partial charge on any atom is -0.396 e. The Kier molecular flexibility index (Phi) is 7.40. The Morgan fingerprint density at radius 1 is 1.24 bits per heavy atom. The second-order valence-corrected chi connectivity index (χ2v) is 5.74. The zero-order chi connectivity index (χ0) is 15.8. The summed E-state index contributed by atoms with van der Waals surface area (Å²) in [5.74, 6) is -0.0845. The third kappa shape index (κ3) is 5.86. The summed E-state index contributed by atoms with van der Waals surface area (Å²) < 4.78 is 0. The van der Waals surface area contributed by atoms with E-state index in [1.807, 2.05) is 31.2 Å². The minimum absolute atomic E-state index is 0.0151. The number of hydrogen-bond acceptors (Lipinski definition) is 3. The molecule has 0 bridgehead atoms. The standard InChI is InChI=1S/C17H28N2O2/c1-5-19(13(2)3)12-15-6-8-16(9-7-15)17(21)18-14(4)10-11-20/h6-9,13-14,20H,5,10-12H2,1-4H3,(H,18,21). The van der Waals surface area contributed by atoms with Crippen LogP contribution in [-0.4, -0.2) is 41.1 Å². The van der Waals surface area contributed by atoms with Crippen molar-refractivity contribution in [2.75, 3.05) is 13.2 Å². The fourth-order valence-electron chi connectivity index (χ4n) is 2.23.